The van der Waals surface area contributed by atoms with E-state index in [2.05, 4.69) is 11.4 Å². The molecule has 16 heavy (non-hydrogen) atoms. The van der Waals surface area contributed by atoms with E-state index in [1.54, 1.807) is 0 Å². The van der Waals surface area contributed by atoms with E-state index in [1.165, 1.54) is 0 Å². The van der Waals surface area contributed by atoms with Gasteiger partial charge in [-0.2, -0.15) is 5.26 Å². The molecule has 88 valence electrons. The zero-order chi connectivity index (χ0) is 11.6. The van der Waals surface area contributed by atoms with Gasteiger partial charge in [-0.1, -0.05) is 0 Å². The van der Waals surface area contributed by atoms with Gasteiger partial charge in [-0.05, 0) is 39.0 Å². The van der Waals surface area contributed by atoms with Crippen LogP contribution in [0.4, 0.5) is 0 Å². The van der Waals surface area contributed by atoms with Gasteiger partial charge < -0.3 is 10.1 Å². The maximum atomic E-state index is 12.0. The average Bonchev–Trinajstić information content (AvgIpc) is 2.88. The molecule has 0 radical (unpaired) electrons. The van der Waals surface area contributed by atoms with Crippen LogP contribution in [0.3, 0.4) is 0 Å². The van der Waals surface area contributed by atoms with Gasteiger partial charge in [-0.25, -0.2) is 0 Å². The summed E-state index contributed by atoms with van der Waals surface area (Å²) in [6.45, 7) is 2.47. The highest BCUT2D eigenvalue weighted by molar-refractivity contribution is 5.80. The molecule has 1 aliphatic carbocycles. The molecule has 2 rings (SSSR count). The smallest absolute Gasteiger partial charge is 0.226 e. The minimum atomic E-state index is -0.594. The van der Waals surface area contributed by atoms with Crippen molar-refractivity contribution < 1.29 is 9.53 Å². The third-order valence-electron chi connectivity index (χ3n) is 3.60. The second-order valence-electron chi connectivity index (χ2n) is 4.97. The molecule has 1 saturated carbocycles. The summed E-state index contributed by atoms with van der Waals surface area (Å²) in [5.74, 6) is -0.0753. The van der Waals surface area contributed by atoms with Crippen LogP contribution in [0.15, 0.2) is 0 Å². The first-order valence-corrected chi connectivity index (χ1v) is 6.00. The molecule has 0 aromatic heterocycles. The molecular weight excluding hydrogens is 204 g/mol. The molecule has 1 aliphatic heterocycles. The number of nitriles is 1. The lowest BCUT2D eigenvalue weighted by atomic mass is 9.97. The van der Waals surface area contributed by atoms with Crippen LogP contribution in [0, 0.1) is 17.2 Å². The molecule has 0 spiro atoms. The lowest BCUT2D eigenvalue weighted by Crippen LogP contribution is -2.47. The summed E-state index contributed by atoms with van der Waals surface area (Å²) in [5, 5.41) is 12.1. The lowest BCUT2D eigenvalue weighted by Gasteiger charge is -2.23. The number of nitrogens with one attached hydrogen (secondary N) is 1. The van der Waals surface area contributed by atoms with Crippen molar-refractivity contribution >= 4 is 5.91 Å². The second-order valence-corrected chi connectivity index (χ2v) is 4.97. The van der Waals surface area contributed by atoms with Gasteiger partial charge in [-0.3, -0.25) is 4.79 Å². The molecule has 0 aromatic rings. The summed E-state index contributed by atoms with van der Waals surface area (Å²) in [5.41, 5.74) is -0.594. The summed E-state index contributed by atoms with van der Waals surface area (Å²) in [4.78, 5) is 12.0. The predicted molar refractivity (Wildman–Crippen MR) is 58.5 cm³/mol. The molecule has 0 aromatic carbocycles. The van der Waals surface area contributed by atoms with Crippen molar-refractivity contribution in [1.29, 1.82) is 5.26 Å². The number of carbonyl (C=O) groups excluding carboxylic acids is 1. The number of ether oxygens (including phenoxy) is 1. The number of rotatable bonds is 2. The van der Waals surface area contributed by atoms with E-state index >= 15 is 0 Å². The highest BCUT2D eigenvalue weighted by Gasteiger charge is 2.38. The van der Waals surface area contributed by atoms with Crippen LogP contribution in [-0.2, 0) is 9.53 Å². The Kier molecular flexibility index (Phi) is 3.15. The SMILES string of the molecule is CC1CC(C(=O)NC2(C#N)CCCC2)CO1. The van der Waals surface area contributed by atoms with Crippen molar-refractivity contribution in [2.24, 2.45) is 5.92 Å². The third-order valence-corrected chi connectivity index (χ3v) is 3.60. The number of nitrogens with zero attached hydrogens (tertiary/aromatic N) is 1. The minimum Gasteiger partial charge on any atom is -0.378 e. The quantitative estimate of drug-likeness (QED) is 0.767. The fourth-order valence-electron chi connectivity index (χ4n) is 2.58. The molecule has 2 fully saturated rings. The largest absolute Gasteiger partial charge is 0.378 e. The first-order valence-electron chi connectivity index (χ1n) is 6.00. The number of amides is 1. The fourth-order valence-corrected chi connectivity index (χ4v) is 2.58. The van der Waals surface area contributed by atoms with Gasteiger partial charge in [0, 0.05) is 0 Å². The van der Waals surface area contributed by atoms with Gasteiger partial charge in [0.25, 0.3) is 0 Å². The molecule has 2 aliphatic rings. The van der Waals surface area contributed by atoms with E-state index in [1.807, 2.05) is 6.92 Å². The molecule has 1 heterocycles. The summed E-state index contributed by atoms with van der Waals surface area (Å²) in [6, 6.07) is 2.27. The first-order chi connectivity index (χ1) is 7.65. The van der Waals surface area contributed by atoms with Crippen molar-refractivity contribution in [1.82, 2.24) is 5.32 Å². The highest BCUT2D eigenvalue weighted by atomic mass is 16.5. The first kappa shape index (κ1) is 11.4. The molecule has 4 heteroatoms. The molecule has 1 N–H and O–H groups in total. The third kappa shape index (κ3) is 2.19. The van der Waals surface area contributed by atoms with Crippen molar-refractivity contribution in [3.8, 4) is 6.07 Å². The Morgan fingerprint density at radius 3 is 2.69 bits per heavy atom. The second kappa shape index (κ2) is 4.42. The van der Waals surface area contributed by atoms with Gasteiger partial charge in [0.2, 0.25) is 5.91 Å². The van der Waals surface area contributed by atoms with Crippen LogP contribution in [0.25, 0.3) is 0 Å². The van der Waals surface area contributed by atoms with Gasteiger partial charge in [0.1, 0.15) is 5.54 Å². The molecule has 2 unspecified atom stereocenters. The van der Waals surface area contributed by atoms with Crippen LogP contribution >= 0.6 is 0 Å². The average molecular weight is 222 g/mol. The van der Waals surface area contributed by atoms with Crippen LogP contribution < -0.4 is 5.32 Å². The Labute approximate surface area is 96.0 Å². The molecule has 0 bridgehead atoms. The van der Waals surface area contributed by atoms with Gasteiger partial charge >= 0.3 is 0 Å². The van der Waals surface area contributed by atoms with Crippen LogP contribution in [0.5, 0.6) is 0 Å². The molecular formula is C12H18N2O2. The topological polar surface area (TPSA) is 62.1 Å². The zero-order valence-electron chi connectivity index (χ0n) is 9.66. The highest BCUT2D eigenvalue weighted by Crippen LogP contribution is 2.30. The van der Waals surface area contributed by atoms with E-state index in [0.29, 0.717) is 6.61 Å². The molecule has 1 saturated heterocycles. The lowest BCUT2D eigenvalue weighted by molar-refractivity contribution is -0.126. The number of hydrogen-bond acceptors (Lipinski definition) is 3. The van der Waals surface area contributed by atoms with Gasteiger partial charge in [-0.15, -0.1) is 0 Å². The normalized spacial score (nSPS) is 32.2. The summed E-state index contributed by atoms with van der Waals surface area (Å²) < 4.78 is 5.37. The van der Waals surface area contributed by atoms with Crippen LogP contribution in [0.1, 0.15) is 39.0 Å². The Hall–Kier alpha value is -1.08. The standard InChI is InChI=1S/C12H18N2O2/c1-9-6-10(7-16-9)11(15)14-12(8-13)4-2-3-5-12/h9-10H,2-7H2,1H3,(H,14,15). The van der Waals surface area contributed by atoms with E-state index in [4.69, 9.17) is 10.00 Å². The van der Waals surface area contributed by atoms with Crippen LogP contribution in [0.2, 0.25) is 0 Å². The molecule has 4 nitrogen and oxygen atoms in total. The Morgan fingerprint density at radius 2 is 2.19 bits per heavy atom. The zero-order valence-corrected chi connectivity index (χ0v) is 9.66. The maximum absolute atomic E-state index is 12.0. The van der Waals surface area contributed by atoms with Gasteiger partial charge in [0.05, 0.1) is 24.7 Å². The number of carbonyl (C=O) groups is 1. The maximum Gasteiger partial charge on any atom is 0.226 e. The van der Waals surface area contributed by atoms with Crippen molar-refractivity contribution in [2.75, 3.05) is 6.61 Å². The number of hydrogen-bond donors (Lipinski definition) is 1. The minimum absolute atomic E-state index is 0.00667. The summed E-state index contributed by atoms with van der Waals surface area (Å²) in [7, 11) is 0. The van der Waals surface area contributed by atoms with E-state index in [0.717, 1.165) is 32.1 Å². The van der Waals surface area contributed by atoms with E-state index in [9.17, 15) is 4.79 Å². The van der Waals surface area contributed by atoms with Crippen LogP contribution in [-0.4, -0.2) is 24.2 Å². The van der Waals surface area contributed by atoms with Gasteiger partial charge in [0.15, 0.2) is 0 Å². The predicted octanol–water partition coefficient (Wildman–Crippen LogP) is 1.36. The summed E-state index contributed by atoms with van der Waals surface area (Å²) in [6.07, 6.45) is 4.58. The van der Waals surface area contributed by atoms with Crippen molar-refractivity contribution in [3.05, 3.63) is 0 Å². The summed E-state index contributed by atoms with van der Waals surface area (Å²) >= 11 is 0. The van der Waals surface area contributed by atoms with Crippen molar-refractivity contribution in [2.45, 2.75) is 50.7 Å². The fraction of sp³-hybridized carbons (Fsp3) is 0.833. The molecule has 1 amide bonds. The Balaban J connectivity index is 1.94. The Bertz CT molecular complexity index is 315. The van der Waals surface area contributed by atoms with E-state index in [-0.39, 0.29) is 17.9 Å². The Morgan fingerprint density at radius 1 is 1.50 bits per heavy atom. The molecule has 2 atom stereocenters. The monoisotopic (exact) mass is 222 g/mol. The van der Waals surface area contributed by atoms with Crippen molar-refractivity contribution in [3.63, 3.8) is 0 Å². The van der Waals surface area contributed by atoms with E-state index < -0.39 is 5.54 Å².